The van der Waals surface area contributed by atoms with Crippen LogP contribution < -0.4 is 15.4 Å². The van der Waals surface area contributed by atoms with Crippen molar-refractivity contribution in [2.75, 3.05) is 11.9 Å². The van der Waals surface area contributed by atoms with E-state index >= 15 is 0 Å². The maximum Gasteiger partial charge on any atom is 0.573 e. The van der Waals surface area contributed by atoms with E-state index in [1.165, 1.54) is 12.1 Å². The molecule has 1 aliphatic heterocycles. The Morgan fingerprint density at radius 3 is 2.75 bits per heavy atom. The summed E-state index contributed by atoms with van der Waals surface area (Å²) in [6.07, 6.45) is -3.07. The van der Waals surface area contributed by atoms with Gasteiger partial charge in [0.1, 0.15) is 5.75 Å². The van der Waals surface area contributed by atoms with Crippen molar-refractivity contribution in [2.24, 2.45) is 0 Å². The number of carbonyl (C=O) groups excluding carboxylic acids is 1. The number of benzene rings is 1. The highest BCUT2D eigenvalue weighted by Crippen LogP contribution is 2.32. The summed E-state index contributed by atoms with van der Waals surface area (Å²) >= 11 is 2.98. The Bertz CT molecular complexity index is 502. The van der Waals surface area contributed by atoms with E-state index in [1.807, 2.05) is 0 Å². The number of halogens is 4. The standard InChI is InChI=1S/C12H12BrF3N2O2/c13-8-6-7(3-4-10(8)20-12(14,15)16)18-11(19)9-2-1-5-17-9/h3-4,6,9,17H,1-2,5H2,(H,18,19)/t9-/m0/s1. The summed E-state index contributed by atoms with van der Waals surface area (Å²) in [6.45, 7) is 0.792. The topological polar surface area (TPSA) is 50.4 Å². The lowest BCUT2D eigenvalue weighted by Crippen LogP contribution is -2.35. The minimum atomic E-state index is -4.75. The molecule has 0 aromatic heterocycles. The van der Waals surface area contributed by atoms with Crippen molar-refractivity contribution < 1.29 is 22.7 Å². The van der Waals surface area contributed by atoms with Gasteiger partial charge in [-0.1, -0.05) is 0 Å². The number of hydrogen-bond donors (Lipinski definition) is 2. The van der Waals surface area contributed by atoms with Gasteiger partial charge in [-0.15, -0.1) is 13.2 Å². The lowest BCUT2D eigenvalue weighted by atomic mass is 10.2. The molecule has 0 saturated carbocycles. The minimum Gasteiger partial charge on any atom is -0.405 e. The molecular formula is C12H12BrF3N2O2. The van der Waals surface area contributed by atoms with E-state index in [-0.39, 0.29) is 22.2 Å². The highest BCUT2D eigenvalue weighted by molar-refractivity contribution is 9.10. The fourth-order valence-electron chi connectivity index (χ4n) is 1.92. The summed E-state index contributed by atoms with van der Waals surface area (Å²) in [5.74, 6) is -0.548. The SMILES string of the molecule is O=C(Nc1ccc(OC(F)(F)F)c(Br)c1)[C@@H]1CCCN1. The molecule has 2 rings (SSSR count). The average Bonchev–Trinajstić information content (AvgIpc) is 2.85. The number of carbonyl (C=O) groups is 1. The molecular weight excluding hydrogens is 341 g/mol. The molecule has 0 bridgehead atoms. The van der Waals surface area contributed by atoms with Crippen molar-refractivity contribution in [3.8, 4) is 5.75 Å². The highest BCUT2D eigenvalue weighted by Gasteiger charge is 2.32. The molecule has 1 fully saturated rings. The Kier molecular flexibility index (Phi) is 4.54. The minimum absolute atomic E-state index is 0.118. The van der Waals surface area contributed by atoms with E-state index in [0.717, 1.165) is 25.5 Å². The van der Waals surface area contributed by atoms with Crippen LogP contribution >= 0.6 is 15.9 Å². The maximum atomic E-state index is 12.1. The van der Waals surface area contributed by atoms with E-state index in [4.69, 9.17) is 0 Å². The molecule has 0 spiro atoms. The number of anilines is 1. The van der Waals surface area contributed by atoms with Gasteiger partial charge < -0.3 is 15.4 Å². The first-order valence-electron chi connectivity index (χ1n) is 5.95. The van der Waals surface area contributed by atoms with Gasteiger partial charge in [-0.25, -0.2) is 0 Å². The first-order valence-corrected chi connectivity index (χ1v) is 6.74. The van der Waals surface area contributed by atoms with Crippen LogP contribution in [0, 0.1) is 0 Å². The summed E-state index contributed by atoms with van der Waals surface area (Å²) in [4.78, 5) is 11.8. The molecule has 1 saturated heterocycles. The molecule has 2 N–H and O–H groups in total. The predicted molar refractivity (Wildman–Crippen MR) is 70.5 cm³/mol. The van der Waals surface area contributed by atoms with Gasteiger partial charge >= 0.3 is 6.36 Å². The Morgan fingerprint density at radius 2 is 2.20 bits per heavy atom. The molecule has 1 heterocycles. The van der Waals surface area contributed by atoms with E-state index in [1.54, 1.807) is 0 Å². The normalized spacial score (nSPS) is 18.9. The Hall–Kier alpha value is -1.28. The smallest absolute Gasteiger partial charge is 0.405 e. The van der Waals surface area contributed by atoms with Gasteiger partial charge in [0.05, 0.1) is 10.5 Å². The molecule has 4 nitrogen and oxygen atoms in total. The molecule has 110 valence electrons. The van der Waals surface area contributed by atoms with Crippen LogP contribution in [0.4, 0.5) is 18.9 Å². The zero-order chi connectivity index (χ0) is 14.8. The molecule has 1 aromatic rings. The van der Waals surface area contributed by atoms with E-state index in [0.29, 0.717) is 5.69 Å². The molecule has 1 amide bonds. The van der Waals surface area contributed by atoms with Crippen LogP contribution in [0.3, 0.4) is 0 Å². The number of alkyl halides is 3. The first kappa shape index (κ1) is 15.1. The average molecular weight is 353 g/mol. The van der Waals surface area contributed by atoms with Crippen LogP contribution in [0.2, 0.25) is 0 Å². The van der Waals surface area contributed by atoms with Gasteiger partial charge in [-0.3, -0.25) is 4.79 Å². The van der Waals surface area contributed by atoms with Crippen molar-refractivity contribution in [2.45, 2.75) is 25.2 Å². The number of hydrogen-bond acceptors (Lipinski definition) is 3. The lowest BCUT2D eigenvalue weighted by molar-refractivity contribution is -0.274. The van der Waals surface area contributed by atoms with Crippen molar-refractivity contribution in [1.82, 2.24) is 5.32 Å². The second kappa shape index (κ2) is 6.01. The van der Waals surface area contributed by atoms with Crippen molar-refractivity contribution in [1.29, 1.82) is 0 Å². The number of ether oxygens (including phenoxy) is 1. The summed E-state index contributed by atoms with van der Waals surface area (Å²) in [7, 11) is 0. The van der Waals surface area contributed by atoms with Crippen molar-refractivity contribution in [3.05, 3.63) is 22.7 Å². The quantitative estimate of drug-likeness (QED) is 0.878. The number of rotatable bonds is 3. The third-order valence-corrected chi connectivity index (χ3v) is 3.42. The van der Waals surface area contributed by atoms with Gasteiger partial charge in [-0.2, -0.15) is 0 Å². The summed E-state index contributed by atoms with van der Waals surface area (Å²) in [5.41, 5.74) is 0.407. The van der Waals surface area contributed by atoms with Crippen LogP contribution in [-0.4, -0.2) is 24.9 Å². The predicted octanol–water partition coefficient (Wildman–Crippen LogP) is 3.04. The third-order valence-electron chi connectivity index (χ3n) is 2.80. The molecule has 1 atom stereocenters. The molecule has 0 aliphatic carbocycles. The Balaban J connectivity index is 2.03. The van der Waals surface area contributed by atoms with Crippen LogP contribution in [0.1, 0.15) is 12.8 Å². The first-order chi connectivity index (χ1) is 9.35. The number of amides is 1. The van der Waals surface area contributed by atoms with Crippen LogP contribution in [0.25, 0.3) is 0 Å². The third kappa shape index (κ3) is 4.11. The molecule has 20 heavy (non-hydrogen) atoms. The van der Waals surface area contributed by atoms with E-state index in [9.17, 15) is 18.0 Å². The second-order valence-electron chi connectivity index (χ2n) is 4.33. The second-order valence-corrected chi connectivity index (χ2v) is 5.19. The van der Waals surface area contributed by atoms with Gasteiger partial charge in [0, 0.05) is 5.69 Å². The molecule has 1 aromatic carbocycles. The zero-order valence-corrected chi connectivity index (χ0v) is 11.8. The van der Waals surface area contributed by atoms with Crippen molar-refractivity contribution >= 4 is 27.5 Å². The van der Waals surface area contributed by atoms with Crippen LogP contribution in [-0.2, 0) is 4.79 Å². The van der Waals surface area contributed by atoms with Gasteiger partial charge in [0.2, 0.25) is 5.91 Å². The molecule has 0 unspecified atom stereocenters. The summed E-state index contributed by atoms with van der Waals surface area (Å²) in [6, 6.07) is 3.63. The van der Waals surface area contributed by atoms with Crippen LogP contribution in [0.5, 0.6) is 5.75 Å². The largest absolute Gasteiger partial charge is 0.573 e. The zero-order valence-electron chi connectivity index (χ0n) is 10.3. The van der Waals surface area contributed by atoms with Crippen molar-refractivity contribution in [3.63, 3.8) is 0 Å². The maximum absolute atomic E-state index is 12.1. The lowest BCUT2D eigenvalue weighted by Gasteiger charge is -2.14. The Morgan fingerprint density at radius 1 is 1.45 bits per heavy atom. The fourth-order valence-corrected chi connectivity index (χ4v) is 2.38. The van der Waals surface area contributed by atoms with Crippen LogP contribution in [0.15, 0.2) is 22.7 Å². The molecule has 8 heteroatoms. The molecule has 1 aliphatic rings. The highest BCUT2D eigenvalue weighted by atomic mass is 79.9. The van der Waals surface area contributed by atoms with Gasteiger partial charge in [-0.05, 0) is 53.5 Å². The Labute approximate surface area is 121 Å². The fraction of sp³-hybridized carbons (Fsp3) is 0.417. The monoisotopic (exact) mass is 352 g/mol. The van der Waals surface area contributed by atoms with Gasteiger partial charge in [0.15, 0.2) is 0 Å². The molecule has 0 radical (unpaired) electrons. The van der Waals surface area contributed by atoms with E-state index in [2.05, 4.69) is 31.3 Å². The summed E-state index contributed by atoms with van der Waals surface area (Å²) in [5, 5.41) is 5.68. The van der Waals surface area contributed by atoms with E-state index < -0.39 is 6.36 Å². The van der Waals surface area contributed by atoms with Gasteiger partial charge in [0.25, 0.3) is 0 Å². The summed E-state index contributed by atoms with van der Waals surface area (Å²) < 4.78 is 40.3. The number of nitrogens with one attached hydrogen (secondary N) is 2.